The van der Waals surface area contributed by atoms with Gasteiger partial charge in [-0.1, -0.05) is 6.07 Å². The summed E-state index contributed by atoms with van der Waals surface area (Å²) in [7, 11) is 0. The minimum Gasteiger partial charge on any atom is -0.399 e. The largest absolute Gasteiger partial charge is 0.399 e. The topological polar surface area (TPSA) is 64.1 Å². The molecule has 4 heteroatoms. The Morgan fingerprint density at radius 1 is 1.06 bits per heavy atom. The van der Waals surface area contributed by atoms with Crippen molar-refractivity contribution in [3.63, 3.8) is 0 Å². The first-order valence-electron chi connectivity index (χ1n) is 5.28. The lowest BCUT2D eigenvalue weighted by Crippen LogP contribution is -2.04. The third-order valence-electron chi connectivity index (χ3n) is 2.47. The van der Waals surface area contributed by atoms with Crippen LogP contribution in [0.1, 0.15) is 5.56 Å². The van der Waals surface area contributed by atoms with Gasteiger partial charge in [-0.2, -0.15) is 0 Å². The lowest BCUT2D eigenvalue weighted by Gasteiger charge is -2.09. The predicted octanol–water partition coefficient (Wildman–Crippen LogP) is 2.60. The van der Waals surface area contributed by atoms with Crippen molar-refractivity contribution in [3.8, 4) is 0 Å². The first kappa shape index (κ1) is 11.3. The SMILES string of the molecule is Nc1ccc(N)c(CNc2cccc(F)c2)c1. The molecule has 0 spiro atoms. The van der Waals surface area contributed by atoms with Gasteiger partial charge in [-0.3, -0.25) is 0 Å². The van der Waals surface area contributed by atoms with E-state index in [0.29, 0.717) is 23.6 Å². The Hall–Kier alpha value is -2.23. The van der Waals surface area contributed by atoms with Crippen molar-refractivity contribution in [2.75, 3.05) is 16.8 Å². The Kier molecular flexibility index (Phi) is 3.14. The maximum atomic E-state index is 13.0. The molecule has 0 saturated heterocycles. The molecule has 0 aliphatic heterocycles. The van der Waals surface area contributed by atoms with Gasteiger partial charge in [-0.05, 0) is 42.0 Å². The summed E-state index contributed by atoms with van der Waals surface area (Å²) in [5, 5.41) is 3.09. The fraction of sp³-hybridized carbons (Fsp3) is 0.0769. The number of benzene rings is 2. The number of halogens is 1. The van der Waals surface area contributed by atoms with Gasteiger partial charge in [0.2, 0.25) is 0 Å². The highest BCUT2D eigenvalue weighted by molar-refractivity contribution is 5.56. The summed E-state index contributed by atoms with van der Waals surface area (Å²) < 4.78 is 13.0. The van der Waals surface area contributed by atoms with E-state index in [2.05, 4.69) is 5.32 Å². The van der Waals surface area contributed by atoms with Gasteiger partial charge >= 0.3 is 0 Å². The molecule has 0 unspecified atom stereocenters. The third kappa shape index (κ3) is 2.87. The Morgan fingerprint density at radius 2 is 1.88 bits per heavy atom. The molecular formula is C13H14FN3. The fourth-order valence-electron chi connectivity index (χ4n) is 1.57. The zero-order valence-electron chi connectivity index (χ0n) is 9.28. The lowest BCUT2D eigenvalue weighted by molar-refractivity contribution is 0.628. The van der Waals surface area contributed by atoms with Gasteiger partial charge in [-0.15, -0.1) is 0 Å². The van der Waals surface area contributed by atoms with Crippen LogP contribution >= 0.6 is 0 Å². The van der Waals surface area contributed by atoms with E-state index in [9.17, 15) is 4.39 Å². The van der Waals surface area contributed by atoms with E-state index in [1.807, 2.05) is 6.07 Å². The van der Waals surface area contributed by atoms with Gasteiger partial charge < -0.3 is 16.8 Å². The molecular weight excluding hydrogens is 217 g/mol. The Balaban J connectivity index is 2.09. The molecule has 0 fully saturated rings. The summed E-state index contributed by atoms with van der Waals surface area (Å²) in [5.74, 6) is -0.268. The molecule has 17 heavy (non-hydrogen) atoms. The second kappa shape index (κ2) is 4.74. The van der Waals surface area contributed by atoms with Crippen LogP contribution in [0.2, 0.25) is 0 Å². The maximum absolute atomic E-state index is 13.0. The summed E-state index contributed by atoms with van der Waals surface area (Å²) in [6.07, 6.45) is 0. The van der Waals surface area contributed by atoms with Crippen molar-refractivity contribution in [2.24, 2.45) is 0 Å². The Morgan fingerprint density at radius 3 is 2.65 bits per heavy atom. The molecule has 2 aromatic carbocycles. The number of hydrogen-bond donors (Lipinski definition) is 3. The highest BCUT2D eigenvalue weighted by atomic mass is 19.1. The number of nitrogens with two attached hydrogens (primary N) is 2. The van der Waals surface area contributed by atoms with Crippen molar-refractivity contribution >= 4 is 17.1 Å². The van der Waals surface area contributed by atoms with Crippen molar-refractivity contribution in [2.45, 2.75) is 6.54 Å². The smallest absolute Gasteiger partial charge is 0.125 e. The van der Waals surface area contributed by atoms with Gasteiger partial charge in [0.15, 0.2) is 0 Å². The molecule has 5 N–H and O–H groups in total. The van der Waals surface area contributed by atoms with Gasteiger partial charge in [-0.25, -0.2) is 4.39 Å². The molecule has 2 rings (SSSR count). The molecule has 0 atom stereocenters. The van der Waals surface area contributed by atoms with Gasteiger partial charge in [0, 0.05) is 23.6 Å². The summed E-state index contributed by atoms with van der Waals surface area (Å²) >= 11 is 0. The average molecular weight is 231 g/mol. The predicted molar refractivity (Wildman–Crippen MR) is 69.0 cm³/mol. The van der Waals surface area contributed by atoms with Crippen LogP contribution in [0.5, 0.6) is 0 Å². The monoisotopic (exact) mass is 231 g/mol. The van der Waals surface area contributed by atoms with Crippen LogP contribution in [-0.4, -0.2) is 0 Å². The van der Waals surface area contributed by atoms with E-state index in [4.69, 9.17) is 11.5 Å². The number of nitrogens with one attached hydrogen (secondary N) is 1. The van der Waals surface area contributed by atoms with Crippen LogP contribution in [0.3, 0.4) is 0 Å². The number of hydrogen-bond acceptors (Lipinski definition) is 3. The normalized spacial score (nSPS) is 10.2. The Labute approximate surface area is 99.2 Å². The second-order valence-corrected chi connectivity index (χ2v) is 3.82. The fourth-order valence-corrected chi connectivity index (χ4v) is 1.57. The van der Waals surface area contributed by atoms with E-state index >= 15 is 0 Å². The van der Waals surface area contributed by atoms with Gasteiger partial charge in [0.05, 0.1) is 0 Å². The molecule has 0 amide bonds. The van der Waals surface area contributed by atoms with Crippen molar-refractivity contribution < 1.29 is 4.39 Å². The van der Waals surface area contributed by atoms with Crippen LogP contribution < -0.4 is 16.8 Å². The molecule has 0 radical (unpaired) electrons. The second-order valence-electron chi connectivity index (χ2n) is 3.82. The number of anilines is 3. The average Bonchev–Trinajstić information content (AvgIpc) is 2.30. The van der Waals surface area contributed by atoms with Crippen LogP contribution in [0.25, 0.3) is 0 Å². The molecule has 2 aromatic rings. The van der Waals surface area contributed by atoms with E-state index in [1.165, 1.54) is 12.1 Å². The lowest BCUT2D eigenvalue weighted by atomic mass is 10.1. The first-order chi connectivity index (χ1) is 8.15. The molecule has 0 aromatic heterocycles. The summed E-state index contributed by atoms with van der Waals surface area (Å²) in [4.78, 5) is 0. The summed E-state index contributed by atoms with van der Waals surface area (Å²) in [6, 6.07) is 11.6. The zero-order chi connectivity index (χ0) is 12.3. The van der Waals surface area contributed by atoms with Crippen molar-refractivity contribution in [3.05, 3.63) is 53.8 Å². The van der Waals surface area contributed by atoms with Crippen LogP contribution in [-0.2, 0) is 6.54 Å². The molecule has 0 heterocycles. The maximum Gasteiger partial charge on any atom is 0.125 e. The van der Waals surface area contributed by atoms with Crippen molar-refractivity contribution in [1.82, 2.24) is 0 Å². The summed E-state index contributed by atoms with van der Waals surface area (Å²) in [6.45, 7) is 0.514. The molecule has 0 bridgehead atoms. The van der Waals surface area contributed by atoms with Crippen molar-refractivity contribution in [1.29, 1.82) is 0 Å². The van der Waals surface area contributed by atoms with E-state index < -0.39 is 0 Å². The van der Waals surface area contributed by atoms with Gasteiger partial charge in [0.25, 0.3) is 0 Å². The standard InChI is InChI=1S/C13H14FN3/c14-10-2-1-3-12(7-10)17-8-9-6-11(15)4-5-13(9)16/h1-7,17H,8,15-16H2. The minimum atomic E-state index is -0.268. The zero-order valence-corrected chi connectivity index (χ0v) is 9.28. The highest BCUT2D eigenvalue weighted by Crippen LogP contribution is 2.17. The molecule has 0 aliphatic carbocycles. The molecule has 88 valence electrons. The minimum absolute atomic E-state index is 0.268. The first-order valence-corrected chi connectivity index (χ1v) is 5.28. The quantitative estimate of drug-likeness (QED) is 0.711. The van der Waals surface area contributed by atoms with Crippen LogP contribution in [0, 0.1) is 5.82 Å². The van der Waals surface area contributed by atoms with Crippen LogP contribution in [0.15, 0.2) is 42.5 Å². The molecule has 3 nitrogen and oxygen atoms in total. The molecule has 0 aliphatic rings. The third-order valence-corrected chi connectivity index (χ3v) is 2.47. The van der Waals surface area contributed by atoms with Gasteiger partial charge in [0.1, 0.15) is 5.82 Å². The summed E-state index contributed by atoms with van der Waals surface area (Å²) in [5.41, 5.74) is 14.4. The van der Waals surface area contributed by atoms with E-state index in [-0.39, 0.29) is 5.82 Å². The number of nitrogen functional groups attached to an aromatic ring is 2. The van der Waals surface area contributed by atoms with E-state index in [0.717, 1.165) is 5.56 Å². The highest BCUT2D eigenvalue weighted by Gasteiger charge is 2.00. The number of rotatable bonds is 3. The van der Waals surface area contributed by atoms with E-state index in [1.54, 1.807) is 24.3 Å². The Bertz CT molecular complexity index is 526. The van der Waals surface area contributed by atoms with Crippen LogP contribution in [0.4, 0.5) is 21.5 Å². The molecule has 0 saturated carbocycles.